The second kappa shape index (κ2) is 13.3. The van der Waals surface area contributed by atoms with Crippen molar-refractivity contribution in [3.63, 3.8) is 0 Å². The van der Waals surface area contributed by atoms with E-state index in [2.05, 4.69) is 144 Å². The van der Waals surface area contributed by atoms with Gasteiger partial charge in [0.15, 0.2) is 0 Å². The molecule has 49 heavy (non-hydrogen) atoms. The van der Waals surface area contributed by atoms with E-state index in [-0.39, 0.29) is 0 Å². The van der Waals surface area contributed by atoms with Crippen molar-refractivity contribution in [2.75, 3.05) is 0 Å². The molecule has 0 spiro atoms. The van der Waals surface area contributed by atoms with Crippen molar-refractivity contribution < 1.29 is 4.74 Å². The van der Waals surface area contributed by atoms with Crippen LogP contribution in [0.15, 0.2) is 90.6 Å². The van der Waals surface area contributed by atoms with Gasteiger partial charge in [0, 0.05) is 46.3 Å². The first kappa shape index (κ1) is 32.9. The quantitative estimate of drug-likeness (QED) is 0.146. The number of benzene rings is 3. The number of ether oxygens (including phenoxy) is 1. The van der Waals surface area contributed by atoms with Crippen LogP contribution < -0.4 is 4.74 Å². The first-order valence-corrected chi connectivity index (χ1v) is 18.2. The minimum atomic E-state index is 0.333. The summed E-state index contributed by atoms with van der Waals surface area (Å²) in [5.74, 6) is 4.48. The molecule has 1 aliphatic carbocycles. The van der Waals surface area contributed by atoms with Crippen LogP contribution in [0.2, 0.25) is 0 Å². The van der Waals surface area contributed by atoms with Crippen molar-refractivity contribution >= 4 is 21.8 Å². The first-order valence-electron chi connectivity index (χ1n) is 18.2. The van der Waals surface area contributed by atoms with Crippen LogP contribution in [-0.2, 0) is 6.42 Å². The molecule has 0 fully saturated rings. The Morgan fingerprint density at radius 2 is 1.67 bits per heavy atom. The average molecular weight is 651 g/mol. The van der Waals surface area contributed by atoms with E-state index >= 15 is 0 Å². The van der Waals surface area contributed by atoms with Crippen LogP contribution in [0.3, 0.4) is 0 Å². The fourth-order valence-corrected chi connectivity index (χ4v) is 8.30. The minimum absolute atomic E-state index is 0.333. The number of aryl methyl sites for hydroxylation is 2. The summed E-state index contributed by atoms with van der Waals surface area (Å²) >= 11 is 0. The predicted molar refractivity (Wildman–Crippen MR) is 204 cm³/mol. The number of pyridine rings is 1. The van der Waals surface area contributed by atoms with Gasteiger partial charge in [-0.25, -0.2) is 9.67 Å². The number of aromatic nitrogens is 4. The van der Waals surface area contributed by atoms with E-state index in [4.69, 9.17) is 14.8 Å². The molecule has 0 saturated heterocycles. The zero-order valence-electron chi connectivity index (χ0n) is 30.4. The number of para-hydroxylation sites is 1. The lowest BCUT2D eigenvalue weighted by Crippen LogP contribution is -2.20. The molecule has 1 aliphatic rings. The van der Waals surface area contributed by atoms with E-state index in [1.54, 1.807) is 0 Å². The topological polar surface area (TPSA) is 44.9 Å². The Bertz CT molecular complexity index is 2180. The Morgan fingerprint density at radius 3 is 2.45 bits per heavy atom. The van der Waals surface area contributed by atoms with Crippen LogP contribution in [0, 0.1) is 25.7 Å². The second-order valence-electron chi connectivity index (χ2n) is 14.7. The van der Waals surface area contributed by atoms with Crippen LogP contribution in [-0.4, -0.2) is 19.3 Å². The molecule has 0 amide bonds. The van der Waals surface area contributed by atoms with Gasteiger partial charge in [0.25, 0.3) is 0 Å². The van der Waals surface area contributed by atoms with Gasteiger partial charge in [-0.3, -0.25) is 4.57 Å². The summed E-state index contributed by atoms with van der Waals surface area (Å²) < 4.78 is 11.2. The largest absolute Gasteiger partial charge is 0.457 e. The molecular weight excluding hydrogens is 601 g/mol. The molecule has 3 aromatic carbocycles. The number of rotatable bonds is 9. The fourth-order valence-electron chi connectivity index (χ4n) is 8.30. The van der Waals surface area contributed by atoms with Gasteiger partial charge in [-0.15, -0.1) is 0 Å². The van der Waals surface area contributed by atoms with Gasteiger partial charge in [-0.1, -0.05) is 70.9 Å². The van der Waals surface area contributed by atoms with E-state index in [9.17, 15) is 0 Å². The van der Waals surface area contributed by atoms with Crippen LogP contribution in [0.5, 0.6) is 11.5 Å². The summed E-state index contributed by atoms with van der Waals surface area (Å²) in [6, 6.07) is 26.0. The molecule has 0 aliphatic heterocycles. The molecule has 0 bridgehead atoms. The Hall–Kier alpha value is -4.64. The van der Waals surface area contributed by atoms with Crippen molar-refractivity contribution in [1.82, 2.24) is 19.3 Å². The summed E-state index contributed by atoms with van der Waals surface area (Å²) in [6.07, 6.45) is 9.00. The third kappa shape index (κ3) is 6.20. The smallest absolute Gasteiger partial charge is 0.137 e. The summed E-state index contributed by atoms with van der Waals surface area (Å²) in [5.41, 5.74) is 11.0. The fraction of sp³-hybridized carbons (Fsp3) is 0.364. The maximum Gasteiger partial charge on any atom is 0.137 e. The maximum absolute atomic E-state index is 6.76. The predicted octanol–water partition coefficient (Wildman–Crippen LogP) is 11.9. The minimum Gasteiger partial charge on any atom is -0.457 e. The molecule has 0 radical (unpaired) electrons. The molecule has 5 nitrogen and oxygen atoms in total. The highest BCUT2D eigenvalue weighted by Gasteiger charge is 2.31. The number of hydrogen-bond acceptors (Lipinski definition) is 3. The Labute approximate surface area is 291 Å². The van der Waals surface area contributed by atoms with Gasteiger partial charge >= 0.3 is 0 Å². The normalized spacial score (nSPS) is 18.1. The zero-order valence-corrected chi connectivity index (χ0v) is 30.4. The molecule has 0 saturated carbocycles. The number of fused-ring (bicyclic) bond motifs is 3. The number of hydrogen-bond donors (Lipinski definition) is 0. The van der Waals surface area contributed by atoms with Gasteiger partial charge in [0.1, 0.15) is 17.3 Å². The van der Waals surface area contributed by atoms with Crippen LogP contribution in [0.4, 0.5) is 0 Å². The lowest BCUT2D eigenvalue weighted by atomic mass is 9.72. The van der Waals surface area contributed by atoms with E-state index in [0.717, 1.165) is 46.2 Å². The average Bonchev–Trinajstić information content (AvgIpc) is 3.56. The van der Waals surface area contributed by atoms with Crippen molar-refractivity contribution in [1.29, 1.82) is 0 Å². The highest BCUT2D eigenvalue weighted by Crippen LogP contribution is 2.43. The first-order chi connectivity index (χ1) is 23.6. The zero-order chi connectivity index (χ0) is 34.4. The van der Waals surface area contributed by atoms with E-state index < -0.39 is 0 Å². The molecule has 3 heterocycles. The molecule has 1 unspecified atom stereocenters. The number of unbranched alkanes of at least 4 members (excludes halogenated alkanes) is 1. The molecule has 3 atom stereocenters. The Balaban J connectivity index is 1.30. The van der Waals surface area contributed by atoms with Gasteiger partial charge in [-0.05, 0) is 111 Å². The van der Waals surface area contributed by atoms with Gasteiger partial charge < -0.3 is 4.74 Å². The molecule has 0 N–H and O–H groups in total. The molecule has 6 aromatic rings. The maximum atomic E-state index is 6.76. The van der Waals surface area contributed by atoms with Crippen molar-refractivity contribution in [3.8, 4) is 23.0 Å². The van der Waals surface area contributed by atoms with E-state index in [1.165, 1.54) is 58.0 Å². The molecule has 7 rings (SSSR count). The summed E-state index contributed by atoms with van der Waals surface area (Å²) in [7, 11) is 0. The molecule has 3 aromatic heterocycles. The monoisotopic (exact) mass is 650 g/mol. The Morgan fingerprint density at radius 1 is 0.878 bits per heavy atom. The third-order valence-corrected chi connectivity index (χ3v) is 10.6. The summed E-state index contributed by atoms with van der Waals surface area (Å²) in [6.45, 7) is 18.1. The lowest BCUT2D eigenvalue weighted by molar-refractivity contribution is 0.390. The molecular formula is C44H50N4O. The van der Waals surface area contributed by atoms with Gasteiger partial charge in [-0.2, -0.15) is 5.10 Å². The molecule has 252 valence electrons. The highest BCUT2D eigenvalue weighted by molar-refractivity contribution is 6.09. The third-order valence-electron chi connectivity index (χ3n) is 10.6. The lowest BCUT2D eigenvalue weighted by Gasteiger charge is -2.32. The van der Waals surface area contributed by atoms with Crippen molar-refractivity contribution in [2.45, 2.75) is 92.9 Å². The summed E-state index contributed by atoms with van der Waals surface area (Å²) in [5, 5.41) is 7.55. The highest BCUT2D eigenvalue weighted by atomic mass is 16.5. The van der Waals surface area contributed by atoms with Crippen molar-refractivity contribution in [2.24, 2.45) is 11.8 Å². The van der Waals surface area contributed by atoms with E-state index in [1.807, 2.05) is 6.20 Å². The number of nitrogens with zero attached hydrogens (tertiary/aromatic N) is 4. The van der Waals surface area contributed by atoms with Gasteiger partial charge in [0.05, 0.1) is 22.4 Å². The van der Waals surface area contributed by atoms with Crippen LogP contribution >= 0.6 is 0 Å². The number of allylic oxidation sites excluding steroid dienone is 2. The Kier molecular flexibility index (Phi) is 8.96. The van der Waals surface area contributed by atoms with E-state index in [0.29, 0.717) is 23.7 Å². The second-order valence-corrected chi connectivity index (χ2v) is 14.7. The van der Waals surface area contributed by atoms with Crippen LogP contribution in [0.25, 0.3) is 33.3 Å². The molecule has 5 heteroatoms. The standard InChI is InChI=1S/C44H50N4O/c1-9-10-13-33-18-19-45-42(22-33)47-40-15-12-11-14-38(40)39-17-16-36(26-41(39)47)49-37-24-34(27(2)3)23-35(25-37)48-32(8)44(31(7)46-48)43-29(5)20-28(4)21-30(43)6/h11-12,14-20,22-28,30,43H,9-10,13,21H2,1-8H3/t28-,30?,43-/m0/s1. The van der Waals surface area contributed by atoms with Crippen LogP contribution in [0.1, 0.15) is 101 Å². The SMILES string of the molecule is CCCCc1ccnc(-n2c3ccccc3c3ccc(Oc4cc(C(C)C)cc(-n5nc(C)c([C@H]6C(C)=C[C@H](C)CC6C)c5C)c4)cc32)c1. The van der Waals surface area contributed by atoms with Gasteiger partial charge in [0.2, 0.25) is 0 Å². The summed E-state index contributed by atoms with van der Waals surface area (Å²) in [4.78, 5) is 4.85. The van der Waals surface area contributed by atoms with Crippen molar-refractivity contribution in [3.05, 3.63) is 119 Å².